The van der Waals surface area contributed by atoms with E-state index in [1.54, 1.807) is 17.2 Å². The number of fused-ring (bicyclic) bond motifs is 1. The van der Waals surface area contributed by atoms with Crippen LogP contribution in [0.3, 0.4) is 0 Å². The van der Waals surface area contributed by atoms with Crippen molar-refractivity contribution >= 4 is 17.7 Å². The third-order valence-electron chi connectivity index (χ3n) is 7.69. The quantitative estimate of drug-likeness (QED) is 0.492. The fourth-order valence-electron chi connectivity index (χ4n) is 5.66. The lowest BCUT2D eigenvalue weighted by Crippen LogP contribution is -2.55. The summed E-state index contributed by atoms with van der Waals surface area (Å²) in [5, 5.41) is 13.4. The van der Waals surface area contributed by atoms with Gasteiger partial charge in [0.25, 0.3) is 5.91 Å². The summed E-state index contributed by atoms with van der Waals surface area (Å²) in [5.74, 6) is -0.962. The Bertz CT molecular complexity index is 1390. The number of rotatable bonds is 7. The van der Waals surface area contributed by atoms with Crippen LogP contribution in [0.1, 0.15) is 47.3 Å². The summed E-state index contributed by atoms with van der Waals surface area (Å²) in [6, 6.07) is 15.8. The summed E-state index contributed by atoms with van der Waals surface area (Å²) in [6.45, 7) is 6.54. The molecule has 1 aromatic heterocycles. The molecule has 1 saturated heterocycles. The van der Waals surface area contributed by atoms with Gasteiger partial charge in [-0.15, -0.1) is 0 Å². The zero-order valence-electron chi connectivity index (χ0n) is 22.5. The maximum atomic E-state index is 13.8. The van der Waals surface area contributed by atoms with E-state index in [1.165, 1.54) is 4.90 Å². The molecule has 2 N–H and O–H groups in total. The minimum atomic E-state index is -0.799. The Morgan fingerprint density at radius 2 is 1.82 bits per heavy atom. The Balaban J connectivity index is 1.27. The van der Waals surface area contributed by atoms with Crippen LogP contribution in [-0.4, -0.2) is 62.3 Å². The fourth-order valence-corrected chi connectivity index (χ4v) is 5.66. The predicted octanol–water partition coefficient (Wildman–Crippen LogP) is 3.32. The summed E-state index contributed by atoms with van der Waals surface area (Å²) < 4.78 is 0. The van der Waals surface area contributed by atoms with Crippen molar-refractivity contribution in [3.63, 3.8) is 0 Å². The Morgan fingerprint density at radius 3 is 2.51 bits per heavy atom. The van der Waals surface area contributed by atoms with Crippen LogP contribution in [0.25, 0.3) is 11.1 Å². The van der Waals surface area contributed by atoms with Crippen molar-refractivity contribution in [2.24, 2.45) is 5.92 Å². The first-order valence-corrected chi connectivity index (χ1v) is 13.4. The summed E-state index contributed by atoms with van der Waals surface area (Å²) in [7, 11) is 0. The Kier molecular flexibility index (Phi) is 7.48. The largest absolute Gasteiger partial charge is 0.391 e. The number of pyridine rings is 1. The van der Waals surface area contributed by atoms with E-state index in [-0.39, 0.29) is 36.6 Å². The highest BCUT2D eigenvalue weighted by atomic mass is 16.3. The number of benzene rings is 2. The molecule has 2 aromatic carbocycles. The monoisotopic (exact) mass is 526 g/mol. The van der Waals surface area contributed by atoms with Crippen molar-refractivity contribution in [2.45, 2.75) is 58.5 Å². The first kappa shape index (κ1) is 26.6. The second kappa shape index (κ2) is 11.0. The van der Waals surface area contributed by atoms with Crippen LogP contribution in [0.15, 0.2) is 67.0 Å². The molecular formula is C31H34N4O4. The van der Waals surface area contributed by atoms with Gasteiger partial charge in [-0.2, -0.15) is 0 Å². The maximum Gasteiger partial charge on any atom is 0.255 e. The summed E-state index contributed by atoms with van der Waals surface area (Å²) >= 11 is 0. The molecule has 1 fully saturated rings. The lowest BCUT2D eigenvalue weighted by atomic mass is 10.00. The zero-order valence-corrected chi connectivity index (χ0v) is 22.5. The highest BCUT2D eigenvalue weighted by Gasteiger charge is 2.45. The predicted molar refractivity (Wildman–Crippen MR) is 147 cm³/mol. The van der Waals surface area contributed by atoms with Crippen LogP contribution < -0.4 is 5.32 Å². The average molecular weight is 527 g/mol. The molecule has 3 aromatic rings. The molecule has 8 heteroatoms. The van der Waals surface area contributed by atoms with Crippen LogP contribution in [0.4, 0.5) is 0 Å². The van der Waals surface area contributed by atoms with Crippen LogP contribution in [0.2, 0.25) is 0 Å². The minimum Gasteiger partial charge on any atom is -0.391 e. The molecule has 202 valence electrons. The summed E-state index contributed by atoms with van der Waals surface area (Å²) in [4.78, 5) is 47.5. The van der Waals surface area contributed by atoms with Crippen molar-refractivity contribution in [3.05, 3.63) is 89.2 Å². The number of hydrogen-bond acceptors (Lipinski definition) is 5. The molecule has 0 aliphatic carbocycles. The van der Waals surface area contributed by atoms with Gasteiger partial charge in [-0.1, -0.05) is 56.3 Å². The molecule has 1 unspecified atom stereocenters. The molecule has 0 spiro atoms. The van der Waals surface area contributed by atoms with Gasteiger partial charge in [-0.25, -0.2) is 0 Å². The Hall–Kier alpha value is -4.04. The Labute approximate surface area is 228 Å². The molecule has 0 saturated carbocycles. The number of β-amino-alcohol motifs (C(OH)–C–C–N with tert-alkyl or cyclic N) is 1. The minimum absolute atomic E-state index is 0.0646. The normalized spacial score (nSPS) is 19.4. The van der Waals surface area contributed by atoms with Gasteiger partial charge in [0.15, 0.2) is 0 Å². The van der Waals surface area contributed by atoms with E-state index < -0.39 is 18.2 Å². The second-order valence-corrected chi connectivity index (χ2v) is 10.8. The average Bonchev–Trinajstić information content (AvgIpc) is 3.48. The van der Waals surface area contributed by atoms with Gasteiger partial charge in [0, 0.05) is 44.0 Å². The third kappa shape index (κ3) is 5.29. The second-order valence-electron chi connectivity index (χ2n) is 10.8. The van der Waals surface area contributed by atoms with Crippen molar-refractivity contribution < 1.29 is 19.5 Å². The van der Waals surface area contributed by atoms with Crippen LogP contribution in [0, 0.1) is 12.8 Å². The molecule has 0 bridgehead atoms. The van der Waals surface area contributed by atoms with Gasteiger partial charge in [0.2, 0.25) is 11.8 Å². The number of hydrogen-bond donors (Lipinski definition) is 2. The molecule has 0 radical (unpaired) electrons. The van der Waals surface area contributed by atoms with Crippen LogP contribution in [0.5, 0.6) is 0 Å². The maximum absolute atomic E-state index is 13.8. The molecule has 3 atom stereocenters. The van der Waals surface area contributed by atoms with Crippen molar-refractivity contribution in [3.8, 4) is 11.1 Å². The van der Waals surface area contributed by atoms with E-state index in [4.69, 9.17) is 0 Å². The zero-order chi connectivity index (χ0) is 27.7. The molecule has 2 aliphatic rings. The highest BCUT2D eigenvalue weighted by molar-refractivity contribution is 6.01. The van der Waals surface area contributed by atoms with Crippen LogP contribution >= 0.6 is 0 Å². The lowest BCUT2D eigenvalue weighted by Gasteiger charge is -2.35. The van der Waals surface area contributed by atoms with Crippen molar-refractivity contribution in [1.82, 2.24) is 20.1 Å². The molecule has 5 rings (SSSR count). The van der Waals surface area contributed by atoms with Gasteiger partial charge >= 0.3 is 0 Å². The van der Waals surface area contributed by atoms with Gasteiger partial charge < -0.3 is 20.2 Å². The highest BCUT2D eigenvalue weighted by Crippen LogP contribution is 2.30. The first-order valence-electron chi connectivity index (χ1n) is 13.4. The molecule has 8 nitrogen and oxygen atoms in total. The number of aryl methyl sites for hydroxylation is 1. The topological polar surface area (TPSA) is 103 Å². The summed E-state index contributed by atoms with van der Waals surface area (Å²) in [5.41, 5.74) is 5.68. The van der Waals surface area contributed by atoms with E-state index in [0.717, 1.165) is 27.8 Å². The molecule has 3 amide bonds. The first-order chi connectivity index (χ1) is 18.7. The Morgan fingerprint density at radius 1 is 1.08 bits per heavy atom. The third-order valence-corrected chi connectivity index (χ3v) is 7.69. The number of amides is 3. The van der Waals surface area contributed by atoms with Crippen LogP contribution in [-0.2, 0) is 22.7 Å². The summed E-state index contributed by atoms with van der Waals surface area (Å²) in [6.07, 6.45) is 2.96. The van der Waals surface area contributed by atoms with Crippen molar-refractivity contribution in [1.29, 1.82) is 0 Å². The smallest absolute Gasteiger partial charge is 0.255 e. The van der Waals surface area contributed by atoms with Gasteiger partial charge in [-0.05, 0) is 52.8 Å². The number of carbonyl (C=O) groups is 3. The fraction of sp³-hybridized carbons (Fsp3) is 0.355. The number of aromatic nitrogens is 1. The molecule has 2 aliphatic heterocycles. The number of nitrogens with zero attached hydrogens (tertiary/aromatic N) is 3. The lowest BCUT2D eigenvalue weighted by molar-refractivity contribution is -0.143. The van der Waals surface area contributed by atoms with Gasteiger partial charge in [0.05, 0.1) is 6.10 Å². The molecule has 3 heterocycles. The number of nitrogens with one attached hydrogen (secondary N) is 1. The van der Waals surface area contributed by atoms with Gasteiger partial charge in [0.1, 0.15) is 12.1 Å². The van der Waals surface area contributed by atoms with E-state index in [2.05, 4.69) is 10.3 Å². The van der Waals surface area contributed by atoms with E-state index in [9.17, 15) is 19.5 Å². The molecule has 39 heavy (non-hydrogen) atoms. The number of carbonyl (C=O) groups excluding carboxylic acids is 3. The number of aliphatic hydroxyl groups is 1. The standard InChI is InChI=1S/C31H34N4O4/c1-19(2)28(35-17-23-6-4-5-7-26(23)30(35)38)31(39)34-18-24(36)14-27(34)29(37)33-16-21-8-10-22(11-9-21)25-12-13-32-15-20(25)3/h4-13,15,19,24,27-28,36H,14,16-18H2,1-3H3,(H,33,37)/t24-,27+,28?/m1/s1. The van der Waals surface area contributed by atoms with Crippen molar-refractivity contribution in [2.75, 3.05) is 6.54 Å². The van der Waals surface area contributed by atoms with E-state index in [1.807, 2.05) is 75.5 Å². The number of aliphatic hydroxyl groups excluding tert-OH is 1. The SMILES string of the molecule is Cc1cnccc1-c1ccc(CNC(=O)[C@@H]2C[C@@H](O)CN2C(=O)C(C(C)C)N2Cc3ccccc3C2=O)cc1. The van der Waals surface area contributed by atoms with E-state index in [0.29, 0.717) is 18.7 Å². The number of likely N-dealkylation sites (tertiary alicyclic amines) is 1. The van der Waals surface area contributed by atoms with Gasteiger partial charge in [-0.3, -0.25) is 19.4 Å². The van der Waals surface area contributed by atoms with E-state index >= 15 is 0 Å². The molecular weight excluding hydrogens is 492 g/mol.